The van der Waals surface area contributed by atoms with Crippen LogP contribution in [0.5, 0.6) is 6.01 Å². The first-order chi connectivity index (χ1) is 10.4. The summed E-state index contributed by atoms with van der Waals surface area (Å²) < 4.78 is 0. The molecule has 0 amide bonds. The number of nitrogens with zero attached hydrogens (tertiary/aromatic N) is 3. The lowest BCUT2D eigenvalue weighted by Crippen LogP contribution is -1.99. The number of oxime groups is 1. The van der Waals surface area contributed by atoms with Gasteiger partial charge in [0.25, 0.3) is 0 Å². The van der Waals surface area contributed by atoms with Crippen molar-refractivity contribution >= 4 is 16.5 Å². The van der Waals surface area contributed by atoms with Gasteiger partial charge >= 0.3 is 6.01 Å². The third-order valence-corrected chi connectivity index (χ3v) is 3.74. The van der Waals surface area contributed by atoms with Gasteiger partial charge in [0.05, 0.1) is 5.71 Å². The van der Waals surface area contributed by atoms with Gasteiger partial charge in [-0.1, -0.05) is 41.6 Å². The van der Waals surface area contributed by atoms with Crippen LogP contribution in [0.25, 0.3) is 10.8 Å². The molecule has 0 N–H and O–H groups in total. The molecular formula is C17H13N3O. The van der Waals surface area contributed by atoms with E-state index in [-0.39, 0.29) is 6.01 Å². The number of hydrogen-bond acceptors (Lipinski definition) is 4. The predicted octanol–water partition coefficient (Wildman–Crippen LogP) is 3.36. The van der Waals surface area contributed by atoms with Gasteiger partial charge in [-0.25, -0.2) is 9.97 Å². The topological polar surface area (TPSA) is 47.4 Å². The summed E-state index contributed by atoms with van der Waals surface area (Å²) >= 11 is 0. The Labute approximate surface area is 122 Å². The highest BCUT2D eigenvalue weighted by Crippen LogP contribution is 2.30. The lowest BCUT2D eigenvalue weighted by Gasteiger charge is -2.04. The maximum Gasteiger partial charge on any atom is 0.345 e. The Balaban J connectivity index is 1.72. The van der Waals surface area contributed by atoms with Crippen LogP contribution in [0.15, 0.2) is 60.0 Å². The molecule has 3 aromatic rings. The molecule has 0 bridgehead atoms. The summed E-state index contributed by atoms with van der Waals surface area (Å²) in [5.74, 6) is 0. The summed E-state index contributed by atoms with van der Waals surface area (Å²) in [6.07, 6.45) is 5.15. The van der Waals surface area contributed by atoms with Crippen molar-refractivity contribution in [1.29, 1.82) is 0 Å². The first kappa shape index (κ1) is 12.0. The zero-order valence-corrected chi connectivity index (χ0v) is 11.4. The van der Waals surface area contributed by atoms with Gasteiger partial charge in [-0.05, 0) is 35.2 Å². The molecule has 1 aliphatic carbocycles. The van der Waals surface area contributed by atoms with E-state index in [0.29, 0.717) is 0 Å². The van der Waals surface area contributed by atoms with Crippen molar-refractivity contribution < 1.29 is 4.84 Å². The Kier molecular flexibility index (Phi) is 2.85. The van der Waals surface area contributed by atoms with Crippen molar-refractivity contribution in [3.63, 3.8) is 0 Å². The first-order valence-electron chi connectivity index (χ1n) is 6.94. The molecule has 21 heavy (non-hydrogen) atoms. The van der Waals surface area contributed by atoms with Crippen molar-refractivity contribution in [3.05, 3.63) is 66.0 Å². The number of hydrogen-bond donors (Lipinski definition) is 0. The van der Waals surface area contributed by atoms with Crippen molar-refractivity contribution in [2.24, 2.45) is 5.16 Å². The molecule has 4 nitrogen and oxygen atoms in total. The third-order valence-electron chi connectivity index (χ3n) is 3.74. The van der Waals surface area contributed by atoms with E-state index in [1.165, 1.54) is 21.9 Å². The molecule has 0 fully saturated rings. The van der Waals surface area contributed by atoms with Gasteiger partial charge in [-0.2, -0.15) is 0 Å². The molecule has 1 heterocycles. The lowest BCUT2D eigenvalue weighted by atomic mass is 10.0. The highest BCUT2D eigenvalue weighted by Gasteiger charge is 2.20. The lowest BCUT2D eigenvalue weighted by molar-refractivity contribution is 0.312. The molecule has 4 heteroatoms. The molecular weight excluding hydrogens is 262 g/mol. The smallest absolute Gasteiger partial charge is 0.315 e. The highest BCUT2D eigenvalue weighted by atomic mass is 16.6. The fourth-order valence-electron chi connectivity index (χ4n) is 2.78. The second-order valence-electron chi connectivity index (χ2n) is 4.97. The van der Waals surface area contributed by atoms with Crippen LogP contribution >= 0.6 is 0 Å². The number of fused-ring (bicyclic) bond motifs is 3. The SMILES string of the molecule is c1cnc(O/N=C2/CCc3c2ccc2ccccc32)nc1. The van der Waals surface area contributed by atoms with E-state index >= 15 is 0 Å². The van der Waals surface area contributed by atoms with Gasteiger partial charge in [0.1, 0.15) is 0 Å². The Bertz CT molecular complexity index is 828. The van der Waals surface area contributed by atoms with E-state index in [1.54, 1.807) is 18.5 Å². The first-order valence-corrected chi connectivity index (χ1v) is 6.94. The molecule has 0 radical (unpaired) electrons. The second kappa shape index (κ2) is 4.98. The van der Waals surface area contributed by atoms with Crippen LogP contribution in [0.4, 0.5) is 0 Å². The molecule has 0 unspecified atom stereocenters. The standard InChI is InChI=1S/C17H13N3O/c1-2-5-13-12(4-1)6-7-15-14(13)8-9-16(15)20-21-17-18-10-3-11-19-17/h1-7,10-11H,8-9H2/b20-16-. The normalized spacial score (nSPS) is 15.3. The summed E-state index contributed by atoms with van der Waals surface area (Å²) in [4.78, 5) is 13.3. The van der Waals surface area contributed by atoms with Gasteiger partial charge in [0, 0.05) is 18.0 Å². The summed E-state index contributed by atoms with van der Waals surface area (Å²) in [5.41, 5.74) is 3.48. The summed E-state index contributed by atoms with van der Waals surface area (Å²) in [6, 6.07) is 14.7. The van der Waals surface area contributed by atoms with E-state index < -0.39 is 0 Å². The van der Waals surface area contributed by atoms with E-state index in [9.17, 15) is 0 Å². The molecule has 1 aromatic heterocycles. The predicted molar refractivity (Wildman–Crippen MR) is 81.5 cm³/mol. The van der Waals surface area contributed by atoms with Crippen LogP contribution in [0, 0.1) is 0 Å². The van der Waals surface area contributed by atoms with Crippen molar-refractivity contribution in [2.75, 3.05) is 0 Å². The van der Waals surface area contributed by atoms with Gasteiger partial charge in [0.2, 0.25) is 0 Å². The van der Waals surface area contributed by atoms with E-state index in [4.69, 9.17) is 4.84 Å². The maximum atomic E-state index is 5.32. The quantitative estimate of drug-likeness (QED) is 0.674. The van der Waals surface area contributed by atoms with Gasteiger partial charge < -0.3 is 4.84 Å². The number of benzene rings is 2. The van der Waals surface area contributed by atoms with Crippen LogP contribution < -0.4 is 4.84 Å². The molecule has 102 valence electrons. The Morgan fingerprint density at radius 2 is 1.76 bits per heavy atom. The van der Waals surface area contributed by atoms with E-state index in [0.717, 1.165) is 18.6 Å². The fourth-order valence-corrected chi connectivity index (χ4v) is 2.78. The molecule has 2 aromatic carbocycles. The largest absolute Gasteiger partial charge is 0.345 e. The minimum absolute atomic E-state index is 0.277. The summed E-state index contributed by atoms with van der Waals surface area (Å²) in [7, 11) is 0. The molecule has 0 saturated heterocycles. The monoisotopic (exact) mass is 275 g/mol. The van der Waals surface area contributed by atoms with Gasteiger partial charge in [-0.3, -0.25) is 0 Å². The number of aromatic nitrogens is 2. The number of aryl methyl sites for hydroxylation is 1. The van der Waals surface area contributed by atoms with Crippen LogP contribution in [0.3, 0.4) is 0 Å². The van der Waals surface area contributed by atoms with Crippen LogP contribution in [0.1, 0.15) is 17.5 Å². The molecule has 4 rings (SSSR count). The fraction of sp³-hybridized carbons (Fsp3) is 0.118. The maximum absolute atomic E-state index is 5.32. The second-order valence-corrected chi connectivity index (χ2v) is 4.97. The minimum Gasteiger partial charge on any atom is -0.315 e. The van der Waals surface area contributed by atoms with E-state index in [1.807, 2.05) is 0 Å². The number of rotatable bonds is 2. The van der Waals surface area contributed by atoms with Gasteiger partial charge in [0.15, 0.2) is 0 Å². The molecule has 0 aliphatic heterocycles. The summed E-state index contributed by atoms with van der Waals surface area (Å²) in [5, 5.41) is 6.80. The molecule has 0 saturated carbocycles. The minimum atomic E-state index is 0.277. The third kappa shape index (κ3) is 2.14. The van der Waals surface area contributed by atoms with Crippen LogP contribution in [-0.2, 0) is 6.42 Å². The zero-order chi connectivity index (χ0) is 14.1. The van der Waals surface area contributed by atoms with Crippen molar-refractivity contribution in [3.8, 4) is 6.01 Å². The average molecular weight is 275 g/mol. The molecule has 0 spiro atoms. The van der Waals surface area contributed by atoms with E-state index in [2.05, 4.69) is 51.5 Å². The Hall–Kier alpha value is -2.75. The molecule has 1 aliphatic rings. The Morgan fingerprint density at radius 1 is 0.905 bits per heavy atom. The van der Waals surface area contributed by atoms with Crippen LogP contribution in [-0.4, -0.2) is 15.7 Å². The average Bonchev–Trinajstić information content (AvgIpc) is 2.97. The van der Waals surface area contributed by atoms with Crippen molar-refractivity contribution in [2.45, 2.75) is 12.8 Å². The summed E-state index contributed by atoms with van der Waals surface area (Å²) in [6.45, 7) is 0. The van der Waals surface area contributed by atoms with Gasteiger partial charge in [-0.15, -0.1) is 0 Å². The van der Waals surface area contributed by atoms with Crippen LogP contribution in [0.2, 0.25) is 0 Å². The zero-order valence-electron chi connectivity index (χ0n) is 11.4. The Morgan fingerprint density at radius 3 is 2.67 bits per heavy atom. The van der Waals surface area contributed by atoms with Crippen molar-refractivity contribution in [1.82, 2.24) is 9.97 Å². The molecule has 0 atom stereocenters. The highest BCUT2D eigenvalue weighted by molar-refractivity contribution is 6.08.